The van der Waals surface area contributed by atoms with Crippen LogP contribution in [0.4, 0.5) is 0 Å². The number of hydrogen-bond acceptors (Lipinski definition) is 7. The zero-order chi connectivity index (χ0) is 24.4. The van der Waals surface area contributed by atoms with Crippen molar-refractivity contribution >= 4 is 29.7 Å². The average Bonchev–Trinajstić information content (AvgIpc) is 3.21. The quantitative estimate of drug-likeness (QED) is 0.0902. The molecule has 1 aliphatic rings. The molecule has 1 heterocycles. The molecule has 10 N–H and O–H groups in total. The fraction of sp³-hybridized carbons (Fsp3) is 0.737. The van der Waals surface area contributed by atoms with E-state index in [1.54, 1.807) is 13.8 Å². The van der Waals surface area contributed by atoms with Gasteiger partial charge >= 0.3 is 5.97 Å². The Labute approximate surface area is 186 Å². The number of likely N-dealkylation sites (tertiary alicyclic amines) is 1. The molecule has 182 valence electrons. The summed E-state index contributed by atoms with van der Waals surface area (Å²) in [4.78, 5) is 54.6. The van der Waals surface area contributed by atoms with E-state index in [2.05, 4.69) is 15.6 Å². The van der Waals surface area contributed by atoms with E-state index in [1.807, 2.05) is 0 Å². The lowest BCUT2D eigenvalue weighted by molar-refractivity contribution is -0.144. The van der Waals surface area contributed by atoms with Gasteiger partial charge in [0.15, 0.2) is 5.96 Å². The Morgan fingerprint density at radius 2 is 1.84 bits per heavy atom. The molecule has 0 aromatic carbocycles. The topological polar surface area (TPSA) is 226 Å². The third kappa shape index (κ3) is 7.96. The first-order valence-electron chi connectivity index (χ1n) is 10.5. The van der Waals surface area contributed by atoms with Crippen molar-refractivity contribution in [3.8, 4) is 0 Å². The number of carboxylic acid groups (broad SMARTS) is 1. The molecule has 0 aromatic rings. The molecule has 0 bridgehead atoms. The van der Waals surface area contributed by atoms with E-state index in [0.29, 0.717) is 25.8 Å². The first-order chi connectivity index (χ1) is 15.0. The van der Waals surface area contributed by atoms with Gasteiger partial charge in [-0.2, -0.15) is 0 Å². The average molecular weight is 458 g/mol. The number of amides is 3. The second-order valence-corrected chi connectivity index (χ2v) is 8.06. The van der Waals surface area contributed by atoms with Crippen LogP contribution in [-0.4, -0.2) is 88.6 Å². The SMILES string of the molecule is CC(C)[C@H](NC(=O)[C@@H](CCCN=C(N)N)NC(=O)[C@H]1CCCN1C(=O)[C@H](N)CO)C(=O)O. The van der Waals surface area contributed by atoms with Crippen LogP contribution in [0.5, 0.6) is 0 Å². The molecule has 0 spiro atoms. The maximum atomic E-state index is 12.9. The van der Waals surface area contributed by atoms with E-state index in [4.69, 9.17) is 22.3 Å². The molecule has 32 heavy (non-hydrogen) atoms. The van der Waals surface area contributed by atoms with E-state index in [-0.39, 0.29) is 24.8 Å². The van der Waals surface area contributed by atoms with Crippen molar-refractivity contribution in [2.45, 2.75) is 63.7 Å². The van der Waals surface area contributed by atoms with Crippen LogP contribution >= 0.6 is 0 Å². The maximum Gasteiger partial charge on any atom is 0.326 e. The van der Waals surface area contributed by atoms with E-state index in [1.165, 1.54) is 4.90 Å². The summed E-state index contributed by atoms with van der Waals surface area (Å²) in [5.74, 6) is -3.45. The highest BCUT2D eigenvalue weighted by Crippen LogP contribution is 2.19. The maximum absolute atomic E-state index is 12.9. The van der Waals surface area contributed by atoms with Crippen LogP contribution < -0.4 is 27.8 Å². The van der Waals surface area contributed by atoms with Gasteiger partial charge in [-0.25, -0.2) is 4.79 Å². The molecule has 0 aromatic heterocycles. The molecule has 0 radical (unpaired) electrons. The number of aliphatic hydroxyl groups excluding tert-OH is 1. The van der Waals surface area contributed by atoms with Crippen LogP contribution in [0, 0.1) is 5.92 Å². The number of rotatable bonds is 12. The van der Waals surface area contributed by atoms with Crippen molar-refractivity contribution in [2.24, 2.45) is 28.1 Å². The second-order valence-electron chi connectivity index (χ2n) is 8.06. The molecule has 0 unspecified atom stereocenters. The minimum absolute atomic E-state index is 0.110. The van der Waals surface area contributed by atoms with Gasteiger partial charge in [0.05, 0.1) is 6.61 Å². The molecule has 0 aliphatic carbocycles. The number of carboxylic acids is 1. The molecule has 4 atom stereocenters. The van der Waals surface area contributed by atoms with Gasteiger partial charge in [0.1, 0.15) is 24.2 Å². The predicted octanol–water partition coefficient (Wildman–Crippen LogP) is -2.94. The molecule has 1 saturated heterocycles. The van der Waals surface area contributed by atoms with Crippen molar-refractivity contribution in [3.05, 3.63) is 0 Å². The van der Waals surface area contributed by atoms with Crippen LogP contribution in [0.15, 0.2) is 4.99 Å². The van der Waals surface area contributed by atoms with Gasteiger partial charge in [-0.05, 0) is 31.6 Å². The highest BCUT2D eigenvalue weighted by atomic mass is 16.4. The number of guanidine groups is 1. The zero-order valence-corrected chi connectivity index (χ0v) is 18.5. The summed E-state index contributed by atoms with van der Waals surface area (Å²) >= 11 is 0. The van der Waals surface area contributed by atoms with E-state index >= 15 is 0 Å². The van der Waals surface area contributed by atoms with Crippen LogP contribution in [0.3, 0.4) is 0 Å². The van der Waals surface area contributed by atoms with Crippen LogP contribution in [0.1, 0.15) is 39.5 Å². The number of aliphatic carboxylic acids is 1. The van der Waals surface area contributed by atoms with Crippen molar-refractivity contribution < 1.29 is 29.4 Å². The predicted molar refractivity (Wildman–Crippen MR) is 116 cm³/mol. The summed E-state index contributed by atoms with van der Waals surface area (Å²) < 4.78 is 0. The van der Waals surface area contributed by atoms with Crippen molar-refractivity contribution in [3.63, 3.8) is 0 Å². The Morgan fingerprint density at radius 3 is 2.38 bits per heavy atom. The fourth-order valence-electron chi connectivity index (χ4n) is 3.40. The van der Waals surface area contributed by atoms with Gasteiger partial charge in [-0.3, -0.25) is 19.4 Å². The molecule has 0 saturated carbocycles. The first-order valence-corrected chi connectivity index (χ1v) is 10.5. The smallest absolute Gasteiger partial charge is 0.326 e. The molecular weight excluding hydrogens is 422 g/mol. The van der Waals surface area contributed by atoms with E-state index in [9.17, 15) is 24.3 Å². The Kier molecular flexibility index (Phi) is 10.9. The monoisotopic (exact) mass is 457 g/mol. The van der Waals surface area contributed by atoms with Gasteiger partial charge in [0, 0.05) is 13.1 Å². The lowest BCUT2D eigenvalue weighted by atomic mass is 10.0. The molecule has 1 aliphatic heterocycles. The second kappa shape index (κ2) is 12.8. The highest BCUT2D eigenvalue weighted by Gasteiger charge is 2.37. The number of hydrogen-bond donors (Lipinski definition) is 7. The highest BCUT2D eigenvalue weighted by molar-refractivity contribution is 5.94. The van der Waals surface area contributed by atoms with Gasteiger partial charge in [0.25, 0.3) is 0 Å². The van der Waals surface area contributed by atoms with Crippen LogP contribution in [0.2, 0.25) is 0 Å². The van der Waals surface area contributed by atoms with E-state index in [0.717, 1.165) is 0 Å². The summed E-state index contributed by atoms with van der Waals surface area (Å²) in [7, 11) is 0. The number of nitrogens with zero attached hydrogens (tertiary/aromatic N) is 2. The van der Waals surface area contributed by atoms with Crippen LogP contribution in [-0.2, 0) is 19.2 Å². The third-order valence-corrected chi connectivity index (χ3v) is 5.16. The van der Waals surface area contributed by atoms with Gasteiger partial charge in [-0.1, -0.05) is 13.8 Å². The van der Waals surface area contributed by atoms with Crippen molar-refractivity contribution in [1.29, 1.82) is 0 Å². The summed E-state index contributed by atoms with van der Waals surface area (Å²) in [5.41, 5.74) is 16.2. The summed E-state index contributed by atoms with van der Waals surface area (Å²) in [6.07, 6.45) is 1.44. The number of aliphatic hydroxyl groups is 1. The number of nitrogens with two attached hydrogens (primary N) is 3. The molecule has 13 nitrogen and oxygen atoms in total. The summed E-state index contributed by atoms with van der Waals surface area (Å²) in [5, 5.41) is 23.6. The third-order valence-electron chi connectivity index (χ3n) is 5.16. The zero-order valence-electron chi connectivity index (χ0n) is 18.5. The Morgan fingerprint density at radius 1 is 1.19 bits per heavy atom. The number of aliphatic imine (C=N–C) groups is 1. The Balaban J connectivity index is 2.94. The number of nitrogens with one attached hydrogen (secondary N) is 2. The van der Waals surface area contributed by atoms with Crippen molar-refractivity contribution in [2.75, 3.05) is 19.7 Å². The minimum atomic E-state index is -1.19. The molecule has 3 amide bonds. The normalized spacial score (nSPS) is 18.5. The summed E-state index contributed by atoms with van der Waals surface area (Å²) in [6, 6.07) is -4.16. The number of carbonyl (C=O) groups is 4. The molecule has 13 heteroatoms. The Hall–Kier alpha value is -2.93. The van der Waals surface area contributed by atoms with E-state index < -0.39 is 54.5 Å². The van der Waals surface area contributed by atoms with Crippen molar-refractivity contribution in [1.82, 2.24) is 15.5 Å². The lowest BCUT2D eigenvalue weighted by Crippen LogP contribution is -2.57. The number of carbonyl (C=O) groups excluding carboxylic acids is 3. The van der Waals surface area contributed by atoms with Crippen LogP contribution in [0.25, 0.3) is 0 Å². The standard InChI is InChI=1S/C19H35N7O6/c1-10(2)14(18(31)32)25-15(28)12(5-3-7-23-19(21)22)24-16(29)13-6-4-8-26(13)17(30)11(20)9-27/h10-14,27H,3-9,20H2,1-2H3,(H,24,29)(H,25,28)(H,31,32)(H4,21,22,23)/t11-,12-,13-,14+/m1/s1. The van der Waals surface area contributed by atoms with Gasteiger partial charge in [0.2, 0.25) is 17.7 Å². The first kappa shape index (κ1) is 27.1. The summed E-state index contributed by atoms with van der Waals surface area (Å²) in [6.45, 7) is 3.27. The molecular formula is C19H35N7O6. The molecule has 1 rings (SSSR count). The van der Waals surface area contributed by atoms with Gasteiger partial charge in [-0.15, -0.1) is 0 Å². The van der Waals surface area contributed by atoms with Gasteiger partial charge < -0.3 is 42.9 Å². The fourth-order valence-corrected chi connectivity index (χ4v) is 3.40. The lowest BCUT2D eigenvalue weighted by Gasteiger charge is -2.28. The minimum Gasteiger partial charge on any atom is -0.480 e. The Bertz CT molecular complexity index is 710. The molecule has 1 fully saturated rings. The largest absolute Gasteiger partial charge is 0.480 e.